The number of benzene rings is 1. The maximum absolute atomic E-state index is 13.2. The molecule has 2 nitrogen and oxygen atoms in total. The minimum atomic E-state index is -2.79. The fraction of sp³-hybridized carbons (Fsp3) is 0.654. The van der Waals surface area contributed by atoms with Gasteiger partial charge in [-0.25, -0.2) is 0 Å². The van der Waals surface area contributed by atoms with E-state index in [-0.39, 0.29) is 5.97 Å². The van der Waals surface area contributed by atoms with Gasteiger partial charge in [-0.05, 0) is 0 Å². The summed E-state index contributed by atoms with van der Waals surface area (Å²) in [7, 11) is 0. The molecule has 0 aromatic heterocycles. The third-order valence-corrected chi connectivity index (χ3v) is 22.4. The van der Waals surface area contributed by atoms with Gasteiger partial charge in [0.05, 0.1) is 0 Å². The molecule has 0 unspecified atom stereocenters. The second-order valence-electron chi connectivity index (χ2n) is 8.68. The van der Waals surface area contributed by atoms with Gasteiger partial charge in [0.2, 0.25) is 0 Å². The number of esters is 1. The van der Waals surface area contributed by atoms with Gasteiger partial charge in [-0.15, -0.1) is 0 Å². The monoisotopic (exact) mass is 506 g/mol. The normalized spacial score (nSPS) is 14.5. The Morgan fingerprint density at radius 3 is 2.03 bits per heavy atom. The summed E-state index contributed by atoms with van der Waals surface area (Å²) in [5.74, 6) is -0.0234. The van der Waals surface area contributed by atoms with Gasteiger partial charge >= 0.3 is 184 Å². The summed E-state index contributed by atoms with van der Waals surface area (Å²) in [6.45, 7) is 9.36. The molecule has 1 aliphatic rings. The van der Waals surface area contributed by atoms with Crippen molar-refractivity contribution in [1.29, 1.82) is 0 Å². The summed E-state index contributed by atoms with van der Waals surface area (Å²) in [6, 6.07) is 8.99. The molecule has 0 fully saturated rings. The quantitative estimate of drug-likeness (QED) is 0.215. The van der Waals surface area contributed by atoms with Crippen molar-refractivity contribution >= 4 is 27.9 Å². The Kier molecular flexibility index (Phi) is 10.8. The van der Waals surface area contributed by atoms with Crippen LogP contribution in [0.2, 0.25) is 13.3 Å². The summed E-state index contributed by atoms with van der Waals surface area (Å²) in [4.78, 5) is 13.2. The zero-order valence-electron chi connectivity index (χ0n) is 19.3. The summed E-state index contributed by atoms with van der Waals surface area (Å²) < 4.78 is 11.3. The molecule has 1 aliphatic carbocycles. The fourth-order valence-electron chi connectivity index (χ4n) is 5.05. The van der Waals surface area contributed by atoms with Gasteiger partial charge in [0.25, 0.3) is 0 Å². The number of unbranched alkanes of at least 4 members (excludes halogenated alkanes) is 3. The van der Waals surface area contributed by atoms with E-state index in [0.717, 1.165) is 24.8 Å². The van der Waals surface area contributed by atoms with Crippen LogP contribution in [0.15, 0.2) is 29.8 Å². The van der Waals surface area contributed by atoms with Crippen LogP contribution in [0.1, 0.15) is 90.2 Å². The van der Waals surface area contributed by atoms with Gasteiger partial charge in [0.15, 0.2) is 0 Å². The molecule has 0 aliphatic heterocycles. The molecule has 29 heavy (non-hydrogen) atoms. The molecule has 1 aromatic rings. The van der Waals surface area contributed by atoms with Crippen LogP contribution in [-0.2, 0) is 16.0 Å². The molecule has 0 spiro atoms. The third kappa shape index (κ3) is 6.35. The van der Waals surface area contributed by atoms with E-state index in [1.54, 1.807) is 3.59 Å². The average Bonchev–Trinajstić information content (AvgIpc) is 2.94. The first-order chi connectivity index (χ1) is 14.1. The summed E-state index contributed by atoms with van der Waals surface area (Å²) in [6.07, 6.45) is 10.7. The molecular weight excluding hydrogens is 463 g/mol. The van der Waals surface area contributed by atoms with Crippen LogP contribution < -0.4 is 0 Å². The Morgan fingerprint density at radius 1 is 0.897 bits per heavy atom. The van der Waals surface area contributed by atoms with Gasteiger partial charge in [-0.1, -0.05) is 0 Å². The van der Waals surface area contributed by atoms with Gasteiger partial charge in [-0.2, -0.15) is 0 Å². The number of carbonyl (C=O) groups excluding carboxylic acids is 1. The van der Waals surface area contributed by atoms with Crippen molar-refractivity contribution in [3.63, 3.8) is 0 Å². The second kappa shape index (κ2) is 12.8. The van der Waals surface area contributed by atoms with Crippen molar-refractivity contribution < 1.29 is 9.53 Å². The molecular formula is C26H42O2Sn. The number of hydrogen-bond donors (Lipinski definition) is 0. The standard InChI is InChI=1S/C14H15O2.3C4H9.Sn/c1-2-16-14(15)13-9-5-8-11-6-3-4-7-12(11)10-13;3*1-3-4-2;/h3-4,6-7H,2,5,8-9H2,1H3;3*1,3-4H2,2H3;. The summed E-state index contributed by atoms with van der Waals surface area (Å²) in [5, 5.41) is 0. The zero-order valence-corrected chi connectivity index (χ0v) is 22.2. The molecule has 0 amide bonds. The van der Waals surface area contributed by atoms with E-state index in [1.165, 1.54) is 63.0 Å². The van der Waals surface area contributed by atoms with Crippen LogP contribution in [0.25, 0.3) is 3.59 Å². The molecule has 162 valence electrons. The first kappa shape index (κ1) is 24.5. The van der Waals surface area contributed by atoms with Gasteiger partial charge in [0, 0.05) is 0 Å². The first-order valence-corrected chi connectivity index (χ1v) is 19.6. The van der Waals surface area contributed by atoms with Crippen LogP contribution in [0.5, 0.6) is 0 Å². The van der Waals surface area contributed by atoms with E-state index < -0.39 is 18.4 Å². The van der Waals surface area contributed by atoms with Crippen LogP contribution in [-0.4, -0.2) is 31.0 Å². The van der Waals surface area contributed by atoms with Gasteiger partial charge < -0.3 is 0 Å². The van der Waals surface area contributed by atoms with E-state index in [0.29, 0.717) is 6.61 Å². The van der Waals surface area contributed by atoms with Crippen LogP contribution in [0, 0.1) is 0 Å². The average molecular weight is 505 g/mol. The summed E-state index contributed by atoms with van der Waals surface area (Å²) >= 11 is -2.79. The maximum atomic E-state index is 13.2. The Balaban J connectivity index is 2.73. The van der Waals surface area contributed by atoms with E-state index in [1.807, 2.05) is 6.92 Å². The van der Waals surface area contributed by atoms with Crippen molar-refractivity contribution in [2.45, 2.75) is 98.8 Å². The molecule has 0 saturated carbocycles. The number of carbonyl (C=O) groups is 1. The number of rotatable bonds is 12. The topological polar surface area (TPSA) is 26.3 Å². The van der Waals surface area contributed by atoms with Crippen molar-refractivity contribution in [3.8, 4) is 0 Å². The predicted octanol–water partition coefficient (Wildman–Crippen LogP) is 7.73. The number of fused-ring (bicyclic) bond motifs is 1. The molecule has 0 atom stereocenters. The van der Waals surface area contributed by atoms with Crippen molar-refractivity contribution in [3.05, 3.63) is 41.0 Å². The Hall–Kier alpha value is -0.771. The Bertz CT molecular complexity index is 655. The zero-order chi connectivity index (χ0) is 21.1. The molecule has 2 rings (SSSR count). The molecule has 3 heteroatoms. The molecule has 0 saturated heterocycles. The summed E-state index contributed by atoms with van der Waals surface area (Å²) in [5.41, 5.74) is 3.95. The Labute approximate surface area is 183 Å². The molecule has 1 aromatic carbocycles. The first-order valence-electron chi connectivity index (χ1n) is 12.1. The van der Waals surface area contributed by atoms with E-state index in [2.05, 4.69) is 45.0 Å². The predicted molar refractivity (Wildman–Crippen MR) is 128 cm³/mol. The Morgan fingerprint density at radius 2 is 1.48 bits per heavy atom. The van der Waals surface area contributed by atoms with Crippen LogP contribution in [0.3, 0.4) is 0 Å². The van der Waals surface area contributed by atoms with Crippen molar-refractivity contribution in [2.75, 3.05) is 6.61 Å². The molecule has 0 bridgehead atoms. The van der Waals surface area contributed by atoms with Gasteiger partial charge in [-0.3, -0.25) is 0 Å². The van der Waals surface area contributed by atoms with Crippen molar-refractivity contribution in [2.24, 2.45) is 0 Å². The second-order valence-corrected chi connectivity index (χ2v) is 21.7. The van der Waals surface area contributed by atoms with Crippen LogP contribution >= 0.6 is 0 Å². The van der Waals surface area contributed by atoms with E-state index in [4.69, 9.17) is 4.74 Å². The number of aryl methyl sites for hydroxylation is 1. The fourth-order valence-corrected chi connectivity index (χ4v) is 23.0. The van der Waals surface area contributed by atoms with Gasteiger partial charge in [0.1, 0.15) is 0 Å². The van der Waals surface area contributed by atoms with E-state index >= 15 is 0 Å². The SMILES string of the molecule is CCC[CH2][Sn]([CH2]CCC)([CH2]CCC)[C]1=C(C(=O)OCC)CCCc2ccccc21. The van der Waals surface area contributed by atoms with Crippen LogP contribution in [0.4, 0.5) is 0 Å². The minimum absolute atomic E-state index is 0.0234. The molecule has 0 heterocycles. The number of hydrogen-bond acceptors (Lipinski definition) is 2. The third-order valence-electron chi connectivity index (χ3n) is 6.54. The number of ether oxygens (including phenoxy) is 1. The van der Waals surface area contributed by atoms with E-state index in [9.17, 15) is 4.79 Å². The molecule has 0 radical (unpaired) electrons. The van der Waals surface area contributed by atoms with Crippen molar-refractivity contribution in [1.82, 2.24) is 0 Å². The molecule has 0 N–H and O–H groups in total.